The molecule has 3 nitrogen and oxygen atoms in total. The van der Waals surface area contributed by atoms with Crippen LogP contribution in [0.4, 0.5) is 4.39 Å². The molecule has 2 rings (SSSR count). The third kappa shape index (κ3) is 3.67. The highest BCUT2D eigenvalue weighted by atomic mass is 19.1. The van der Waals surface area contributed by atoms with Gasteiger partial charge in [0.2, 0.25) is 0 Å². The molecule has 0 saturated heterocycles. The average molecular weight is 287 g/mol. The van der Waals surface area contributed by atoms with Gasteiger partial charge in [-0.15, -0.1) is 0 Å². The van der Waals surface area contributed by atoms with Gasteiger partial charge in [-0.3, -0.25) is 4.90 Å². The summed E-state index contributed by atoms with van der Waals surface area (Å²) in [5.41, 5.74) is 2.47. The number of benzene rings is 2. The zero-order valence-electron chi connectivity index (χ0n) is 12.1. The van der Waals surface area contributed by atoms with E-state index in [4.69, 9.17) is 5.11 Å². The molecule has 0 heterocycles. The highest BCUT2D eigenvalue weighted by Gasteiger charge is 2.15. The number of carboxylic acid groups (broad SMARTS) is 1. The first-order chi connectivity index (χ1) is 9.99. The van der Waals surface area contributed by atoms with Gasteiger partial charge >= 0.3 is 5.97 Å². The first kappa shape index (κ1) is 15.2. The molecule has 2 aromatic rings. The van der Waals surface area contributed by atoms with Gasteiger partial charge in [-0.25, -0.2) is 9.18 Å². The normalized spacial score (nSPS) is 10.9. The molecular weight excluding hydrogens is 269 g/mol. The molecule has 0 aliphatic carbocycles. The third-order valence-corrected chi connectivity index (χ3v) is 3.45. The summed E-state index contributed by atoms with van der Waals surface area (Å²) in [6, 6.07) is 12.5. The molecule has 0 atom stereocenters. The molecule has 0 fully saturated rings. The van der Waals surface area contributed by atoms with Crippen LogP contribution in [0.1, 0.15) is 27.0 Å². The molecule has 1 N–H and O–H groups in total. The number of nitrogens with zero attached hydrogens (tertiary/aromatic N) is 1. The fourth-order valence-electron chi connectivity index (χ4n) is 2.29. The van der Waals surface area contributed by atoms with Gasteiger partial charge in [-0.05, 0) is 31.2 Å². The topological polar surface area (TPSA) is 40.5 Å². The summed E-state index contributed by atoms with van der Waals surface area (Å²) >= 11 is 0. The lowest BCUT2D eigenvalue weighted by atomic mass is 10.1. The molecule has 0 amide bonds. The Morgan fingerprint density at radius 3 is 2.38 bits per heavy atom. The molecule has 0 aliphatic rings. The van der Waals surface area contributed by atoms with Crippen molar-refractivity contribution in [2.75, 3.05) is 7.05 Å². The second kappa shape index (κ2) is 6.50. The predicted molar refractivity (Wildman–Crippen MR) is 79.7 cm³/mol. The third-order valence-electron chi connectivity index (χ3n) is 3.45. The molecule has 0 radical (unpaired) electrons. The van der Waals surface area contributed by atoms with Crippen molar-refractivity contribution in [2.24, 2.45) is 0 Å². The van der Waals surface area contributed by atoms with Crippen molar-refractivity contribution in [2.45, 2.75) is 20.0 Å². The first-order valence-corrected chi connectivity index (χ1v) is 6.72. The van der Waals surface area contributed by atoms with E-state index in [1.165, 1.54) is 17.2 Å². The van der Waals surface area contributed by atoms with Crippen LogP contribution in [0.2, 0.25) is 0 Å². The lowest BCUT2D eigenvalue weighted by molar-refractivity contribution is 0.0691. The molecule has 4 heteroatoms. The van der Waals surface area contributed by atoms with Crippen molar-refractivity contribution in [3.63, 3.8) is 0 Å². The summed E-state index contributed by atoms with van der Waals surface area (Å²) in [6.07, 6.45) is 0. The van der Waals surface area contributed by atoms with Crippen LogP contribution in [0.5, 0.6) is 0 Å². The maximum absolute atomic E-state index is 14.1. The lowest BCUT2D eigenvalue weighted by Crippen LogP contribution is -2.19. The Balaban J connectivity index is 2.13. The van der Waals surface area contributed by atoms with Gasteiger partial charge in [0, 0.05) is 18.7 Å². The van der Waals surface area contributed by atoms with Crippen LogP contribution in [-0.2, 0) is 13.1 Å². The SMILES string of the molecule is Cc1ccccc1CN(C)Cc1cccc(C(=O)O)c1F. The van der Waals surface area contributed by atoms with E-state index in [-0.39, 0.29) is 5.56 Å². The summed E-state index contributed by atoms with van der Waals surface area (Å²) in [5.74, 6) is -1.89. The molecule has 0 saturated carbocycles. The Morgan fingerprint density at radius 2 is 1.71 bits per heavy atom. The van der Waals surface area contributed by atoms with Gasteiger partial charge in [0.05, 0.1) is 5.56 Å². The zero-order valence-corrected chi connectivity index (χ0v) is 12.1. The average Bonchev–Trinajstić information content (AvgIpc) is 2.43. The summed E-state index contributed by atoms with van der Waals surface area (Å²) < 4.78 is 14.1. The Labute approximate surface area is 123 Å². The molecule has 0 unspecified atom stereocenters. The van der Waals surface area contributed by atoms with Crippen LogP contribution >= 0.6 is 0 Å². The summed E-state index contributed by atoms with van der Waals surface area (Å²) in [4.78, 5) is 12.9. The summed E-state index contributed by atoms with van der Waals surface area (Å²) in [6.45, 7) is 3.08. The van der Waals surface area contributed by atoms with Gasteiger partial charge in [0.1, 0.15) is 5.82 Å². The summed E-state index contributed by atoms with van der Waals surface area (Å²) in [7, 11) is 1.89. The predicted octanol–water partition coefficient (Wildman–Crippen LogP) is 3.46. The number of aromatic carboxylic acids is 1. The number of carbonyl (C=O) groups is 1. The van der Waals surface area contributed by atoms with E-state index in [9.17, 15) is 9.18 Å². The number of hydrogen-bond donors (Lipinski definition) is 1. The van der Waals surface area contributed by atoms with E-state index in [2.05, 4.69) is 0 Å². The minimum Gasteiger partial charge on any atom is -0.478 e. The number of halogens is 1. The minimum atomic E-state index is -1.24. The van der Waals surface area contributed by atoms with Crippen molar-refractivity contribution in [3.05, 3.63) is 70.5 Å². The van der Waals surface area contributed by atoms with Crippen LogP contribution < -0.4 is 0 Å². The van der Waals surface area contributed by atoms with Crippen molar-refractivity contribution in [1.82, 2.24) is 4.90 Å². The molecule has 0 aliphatic heterocycles. The highest BCUT2D eigenvalue weighted by molar-refractivity contribution is 5.88. The van der Waals surface area contributed by atoms with Crippen molar-refractivity contribution in [3.8, 4) is 0 Å². The van der Waals surface area contributed by atoms with Crippen LogP contribution in [0.25, 0.3) is 0 Å². The molecule has 2 aromatic carbocycles. The summed E-state index contributed by atoms with van der Waals surface area (Å²) in [5, 5.41) is 8.94. The second-order valence-electron chi connectivity index (χ2n) is 5.18. The molecular formula is C17H18FNO2. The minimum absolute atomic E-state index is 0.281. The Kier molecular flexibility index (Phi) is 4.70. The highest BCUT2D eigenvalue weighted by Crippen LogP contribution is 2.17. The number of rotatable bonds is 5. The fraction of sp³-hybridized carbons (Fsp3) is 0.235. The van der Waals surface area contributed by atoms with Gasteiger partial charge in [0.25, 0.3) is 0 Å². The van der Waals surface area contributed by atoms with Crippen molar-refractivity contribution >= 4 is 5.97 Å². The maximum Gasteiger partial charge on any atom is 0.338 e. The van der Waals surface area contributed by atoms with E-state index in [1.54, 1.807) is 12.1 Å². The van der Waals surface area contributed by atoms with E-state index in [0.717, 1.165) is 0 Å². The van der Waals surface area contributed by atoms with E-state index in [0.29, 0.717) is 18.7 Å². The second-order valence-corrected chi connectivity index (χ2v) is 5.18. The van der Waals surface area contributed by atoms with Gasteiger partial charge in [-0.2, -0.15) is 0 Å². The zero-order chi connectivity index (χ0) is 15.4. The Bertz CT molecular complexity index is 655. The molecule has 110 valence electrons. The number of aryl methyl sites for hydroxylation is 1. The van der Waals surface area contributed by atoms with Gasteiger partial charge in [-0.1, -0.05) is 36.4 Å². The van der Waals surface area contributed by atoms with E-state index < -0.39 is 11.8 Å². The van der Waals surface area contributed by atoms with Gasteiger partial charge < -0.3 is 5.11 Å². The molecule has 0 bridgehead atoms. The number of hydrogen-bond acceptors (Lipinski definition) is 2. The lowest BCUT2D eigenvalue weighted by Gasteiger charge is -2.18. The quantitative estimate of drug-likeness (QED) is 0.915. The van der Waals surface area contributed by atoms with Crippen LogP contribution in [-0.4, -0.2) is 23.0 Å². The maximum atomic E-state index is 14.1. The van der Waals surface area contributed by atoms with Crippen molar-refractivity contribution in [1.29, 1.82) is 0 Å². The van der Waals surface area contributed by atoms with Crippen LogP contribution in [0.15, 0.2) is 42.5 Å². The fourth-order valence-corrected chi connectivity index (χ4v) is 2.29. The Morgan fingerprint density at radius 1 is 1.10 bits per heavy atom. The molecule has 0 spiro atoms. The van der Waals surface area contributed by atoms with Crippen molar-refractivity contribution < 1.29 is 14.3 Å². The van der Waals surface area contributed by atoms with E-state index in [1.807, 2.05) is 43.1 Å². The largest absolute Gasteiger partial charge is 0.478 e. The molecule has 21 heavy (non-hydrogen) atoms. The Hall–Kier alpha value is -2.20. The first-order valence-electron chi connectivity index (χ1n) is 6.72. The number of carboxylic acids is 1. The smallest absolute Gasteiger partial charge is 0.338 e. The molecule has 0 aromatic heterocycles. The van der Waals surface area contributed by atoms with E-state index >= 15 is 0 Å². The standard InChI is InChI=1S/C17H18FNO2/c1-12-6-3-4-7-13(12)10-19(2)11-14-8-5-9-15(16(14)18)17(20)21/h3-9H,10-11H2,1-2H3,(H,20,21). The monoisotopic (exact) mass is 287 g/mol. The van der Waals surface area contributed by atoms with Gasteiger partial charge in [0.15, 0.2) is 0 Å². The van der Waals surface area contributed by atoms with Crippen LogP contribution in [0.3, 0.4) is 0 Å². The van der Waals surface area contributed by atoms with Crippen LogP contribution in [0, 0.1) is 12.7 Å².